The molecule has 1 fully saturated rings. The Bertz CT molecular complexity index is 512. The van der Waals surface area contributed by atoms with Gasteiger partial charge < -0.3 is 0 Å². The third-order valence-corrected chi connectivity index (χ3v) is 3.51. The number of nitrogens with zero attached hydrogens (tertiary/aromatic N) is 1. The molecule has 1 aromatic carbocycles. The second-order valence-corrected chi connectivity index (χ2v) is 4.90. The lowest BCUT2D eigenvalue weighted by atomic mass is 9.99. The first-order valence-corrected chi connectivity index (χ1v) is 6.37. The molecular weight excluding hydrogens is 246 g/mol. The van der Waals surface area contributed by atoms with Gasteiger partial charge in [-0.1, -0.05) is 29.8 Å². The molecular formula is C14H14ClN3. The summed E-state index contributed by atoms with van der Waals surface area (Å²) in [6.07, 6.45) is 4.71. The van der Waals surface area contributed by atoms with E-state index in [1.807, 2.05) is 24.4 Å². The molecule has 2 N–H and O–H groups in total. The van der Waals surface area contributed by atoms with E-state index in [0.717, 1.165) is 11.4 Å². The number of halogens is 1. The number of pyridine rings is 1. The number of rotatable bonds is 2. The van der Waals surface area contributed by atoms with Crippen LogP contribution < -0.4 is 10.9 Å². The fourth-order valence-corrected chi connectivity index (χ4v) is 2.40. The number of benzene rings is 1. The third-order valence-electron chi connectivity index (χ3n) is 3.26. The Hall–Kier alpha value is -1.42. The maximum Gasteiger partial charge on any atom is 0.0496 e. The molecule has 0 spiro atoms. The summed E-state index contributed by atoms with van der Waals surface area (Å²) in [6.45, 7) is 0. The Labute approximate surface area is 111 Å². The van der Waals surface area contributed by atoms with Crippen LogP contribution in [0.4, 0.5) is 0 Å². The van der Waals surface area contributed by atoms with Crippen LogP contribution in [0.1, 0.15) is 29.6 Å². The Kier molecular flexibility index (Phi) is 3.28. The number of hydrazine groups is 1. The highest BCUT2D eigenvalue weighted by molar-refractivity contribution is 6.30. The Morgan fingerprint density at radius 3 is 2.39 bits per heavy atom. The quantitative estimate of drug-likeness (QED) is 0.871. The van der Waals surface area contributed by atoms with E-state index in [0.29, 0.717) is 12.1 Å². The van der Waals surface area contributed by atoms with Crippen LogP contribution in [0.15, 0.2) is 48.8 Å². The maximum atomic E-state index is 5.90. The van der Waals surface area contributed by atoms with E-state index in [9.17, 15) is 0 Å². The van der Waals surface area contributed by atoms with Crippen molar-refractivity contribution in [3.05, 3.63) is 64.9 Å². The summed E-state index contributed by atoms with van der Waals surface area (Å²) < 4.78 is 0. The lowest BCUT2D eigenvalue weighted by Crippen LogP contribution is -2.26. The van der Waals surface area contributed by atoms with Gasteiger partial charge in [-0.15, -0.1) is 0 Å². The summed E-state index contributed by atoms with van der Waals surface area (Å²) in [5.41, 5.74) is 9.09. The zero-order valence-corrected chi connectivity index (χ0v) is 10.6. The molecule has 0 saturated carbocycles. The van der Waals surface area contributed by atoms with E-state index in [2.05, 4.69) is 34.0 Å². The maximum absolute atomic E-state index is 5.90. The molecule has 1 aromatic heterocycles. The first kappa shape index (κ1) is 11.7. The average Bonchev–Trinajstić information content (AvgIpc) is 2.90. The van der Waals surface area contributed by atoms with Gasteiger partial charge in [0.05, 0.1) is 0 Å². The van der Waals surface area contributed by atoms with Crippen molar-refractivity contribution >= 4 is 11.6 Å². The van der Waals surface area contributed by atoms with E-state index in [1.165, 1.54) is 11.1 Å². The van der Waals surface area contributed by atoms with E-state index >= 15 is 0 Å². The van der Waals surface area contributed by atoms with Crippen LogP contribution in [0.5, 0.6) is 0 Å². The highest BCUT2D eigenvalue weighted by Crippen LogP contribution is 2.30. The molecule has 92 valence electrons. The van der Waals surface area contributed by atoms with Crippen LogP contribution in [0.3, 0.4) is 0 Å². The topological polar surface area (TPSA) is 37.0 Å². The van der Waals surface area contributed by atoms with Crippen LogP contribution in [0, 0.1) is 0 Å². The van der Waals surface area contributed by atoms with Crippen LogP contribution in [0.25, 0.3) is 0 Å². The first-order chi connectivity index (χ1) is 8.83. The van der Waals surface area contributed by atoms with Gasteiger partial charge in [0.25, 0.3) is 0 Å². The van der Waals surface area contributed by atoms with Gasteiger partial charge >= 0.3 is 0 Å². The average molecular weight is 260 g/mol. The molecule has 2 unspecified atom stereocenters. The summed E-state index contributed by atoms with van der Waals surface area (Å²) in [5, 5.41) is 0.772. The molecule has 3 nitrogen and oxygen atoms in total. The third kappa shape index (κ3) is 2.38. The Morgan fingerprint density at radius 2 is 1.72 bits per heavy atom. The molecule has 4 heteroatoms. The van der Waals surface area contributed by atoms with Crippen molar-refractivity contribution in [3.8, 4) is 0 Å². The molecule has 0 amide bonds. The van der Waals surface area contributed by atoms with Gasteiger partial charge in [-0.3, -0.25) is 4.98 Å². The summed E-state index contributed by atoms with van der Waals surface area (Å²) in [5.74, 6) is 0. The standard InChI is InChI=1S/C14H14ClN3/c15-12-5-3-10(4-6-12)13-8-14(18-17-13)11-2-1-7-16-9-11/h1-7,9,13-14,17-18H,8H2. The van der Waals surface area contributed by atoms with Crippen molar-refractivity contribution < 1.29 is 0 Å². The fraction of sp³-hybridized carbons (Fsp3) is 0.214. The normalized spacial score (nSPS) is 23.2. The van der Waals surface area contributed by atoms with Gasteiger partial charge in [0.15, 0.2) is 0 Å². The van der Waals surface area contributed by atoms with Crippen molar-refractivity contribution in [3.63, 3.8) is 0 Å². The number of hydrogen-bond donors (Lipinski definition) is 2. The zero-order valence-electron chi connectivity index (χ0n) is 9.81. The summed E-state index contributed by atoms with van der Waals surface area (Å²) >= 11 is 5.90. The van der Waals surface area contributed by atoms with Crippen molar-refractivity contribution in [1.82, 2.24) is 15.8 Å². The molecule has 3 rings (SSSR count). The number of aromatic nitrogens is 1. The molecule has 18 heavy (non-hydrogen) atoms. The van der Waals surface area contributed by atoms with Gasteiger partial charge in [-0.2, -0.15) is 0 Å². The van der Waals surface area contributed by atoms with Crippen LogP contribution in [0.2, 0.25) is 5.02 Å². The highest BCUT2D eigenvalue weighted by atomic mass is 35.5. The predicted octanol–water partition coefficient (Wildman–Crippen LogP) is 3.02. The molecule has 1 aliphatic heterocycles. The minimum atomic E-state index is 0.305. The minimum absolute atomic E-state index is 0.305. The van der Waals surface area contributed by atoms with Crippen molar-refractivity contribution in [2.24, 2.45) is 0 Å². The predicted molar refractivity (Wildman–Crippen MR) is 72.1 cm³/mol. The molecule has 1 saturated heterocycles. The van der Waals surface area contributed by atoms with Crippen LogP contribution in [-0.4, -0.2) is 4.98 Å². The van der Waals surface area contributed by atoms with E-state index < -0.39 is 0 Å². The molecule has 2 aromatic rings. The Morgan fingerprint density at radius 1 is 1.00 bits per heavy atom. The largest absolute Gasteiger partial charge is 0.264 e. The fourth-order valence-electron chi connectivity index (χ4n) is 2.27. The molecule has 0 bridgehead atoms. The summed E-state index contributed by atoms with van der Waals surface area (Å²) in [7, 11) is 0. The smallest absolute Gasteiger partial charge is 0.0496 e. The summed E-state index contributed by atoms with van der Waals surface area (Å²) in [4.78, 5) is 4.15. The van der Waals surface area contributed by atoms with E-state index in [4.69, 9.17) is 11.6 Å². The van der Waals surface area contributed by atoms with Crippen molar-refractivity contribution in [2.75, 3.05) is 0 Å². The molecule has 2 atom stereocenters. The van der Waals surface area contributed by atoms with Crippen LogP contribution >= 0.6 is 11.6 Å². The lowest BCUT2D eigenvalue weighted by molar-refractivity contribution is 0.554. The van der Waals surface area contributed by atoms with Gasteiger partial charge in [0.2, 0.25) is 0 Å². The molecule has 0 radical (unpaired) electrons. The minimum Gasteiger partial charge on any atom is -0.264 e. The molecule has 0 aliphatic carbocycles. The first-order valence-electron chi connectivity index (χ1n) is 5.99. The summed E-state index contributed by atoms with van der Waals surface area (Å²) in [6, 6.07) is 12.7. The van der Waals surface area contributed by atoms with Gasteiger partial charge in [0.1, 0.15) is 0 Å². The van der Waals surface area contributed by atoms with Gasteiger partial charge in [-0.05, 0) is 35.7 Å². The SMILES string of the molecule is Clc1ccc(C2CC(c3cccnc3)NN2)cc1. The van der Waals surface area contributed by atoms with Crippen LogP contribution in [-0.2, 0) is 0 Å². The number of nitrogens with one attached hydrogen (secondary N) is 2. The molecule has 2 heterocycles. The van der Waals surface area contributed by atoms with Gasteiger partial charge in [0, 0.05) is 29.5 Å². The monoisotopic (exact) mass is 259 g/mol. The van der Waals surface area contributed by atoms with E-state index in [1.54, 1.807) is 6.20 Å². The lowest BCUT2D eigenvalue weighted by Gasteiger charge is -2.09. The van der Waals surface area contributed by atoms with Crippen molar-refractivity contribution in [2.45, 2.75) is 18.5 Å². The van der Waals surface area contributed by atoms with Gasteiger partial charge in [-0.25, -0.2) is 10.9 Å². The van der Waals surface area contributed by atoms with E-state index in [-0.39, 0.29) is 0 Å². The molecule has 1 aliphatic rings. The highest BCUT2D eigenvalue weighted by Gasteiger charge is 2.25. The second-order valence-electron chi connectivity index (χ2n) is 4.47. The second kappa shape index (κ2) is 5.06. The Balaban J connectivity index is 1.74. The zero-order chi connectivity index (χ0) is 12.4. The van der Waals surface area contributed by atoms with Crippen molar-refractivity contribution in [1.29, 1.82) is 0 Å². The number of hydrogen-bond acceptors (Lipinski definition) is 3.